The maximum absolute atomic E-state index is 13.1. The molecule has 0 bridgehead atoms. The van der Waals surface area contributed by atoms with E-state index in [-0.39, 0.29) is 16.0 Å². The Morgan fingerprint density at radius 1 is 0.667 bits per heavy atom. The Balaban J connectivity index is 1.68. The smallest absolute Gasteiger partial charge is 0.266 e. The number of nitrogens with zero attached hydrogens (tertiary/aromatic N) is 1. The number of carbonyl (C=O) groups is 2. The number of rotatable bonds is 3. The molecule has 1 aliphatic rings. The van der Waals surface area contributed by atoms with Gasteiger partial charge < -0.3 is 0 Å². The van der Waals surface area contributed by atoms with Crippen LogP contribution in [0.4, 0.5) is 0 Å². The number of imide groups is 1. The SMILES string of the molecule is Cc1ccc(S(=O)(=O)ON2C(=O)c3c(c4ccccc4c4ccccc34)C2=O)cc1. The monoisotopic (exact) mass is 417 g/mol. The van der Waals surface area contributed by atoms with Gasteiger partial charge in [-0.1, -0.05) is 66.2 Å². The molecule has 7 heteroatoms. The van der Waals surface area contributed by atoms with Crippen molar-refractivity contribution in [3.05, 3.63) is 89.5 Å². The third-order valence-electron chi connectivity index (χ3n) is 5.21. The van der Waals surface area contributed by atoms with Crippen molar-refractivity contribution in [2.45, 2.75) is 11.8 Å². The highest BCUT2D eigenvalue weighted by atomic mass is 32.2. The fourth-order valence-electron chi connectivity index (χ4n) is 3.79. The molecular weight excluding hydrogens is 402 g/mol. The molecule has 1 aliphatic heterocycles. The van der Waals surface area contributed by atoms with Gasteiger partial charge in [-0.2, -0.15) is 8.42 Å². The number of amides is 2. The Bertz CT molecular complexity index is 1400. The molecule has 5 rings (SSSR count). The lowest BCUT2D eigenvalue weighted by Crippen LogP contribution is -2.32. The van der Waals surface area contributed by atoms with E-state index in [1.165, 1.54) is 12.1 Å². The standard InChI is InChI=1S/C23H15NO5S/c1-14-10-12-15(13-11-14)30(27,28)29-24-22(25)20-18-8-4-2-6-16(18)17-7-3-5-9-19(17)21(20)23(24)26/h2-13H,1H3. The second kappa shape index (κ2) is 6.48. The zero-order chi connectivity index (χ0) is 21.0. The molecular formula is C23H15NO5S. The topological polar surface area (TPSA) is 80.8 Å². The Hall–Kier alpha value is -3.55. The lowest BCUT2D eigenvalue weighted by molar-refractivity contribution is -0.0102. The molecule has 0 saturated heterocycles. The highest BCUT2D eigenvalue weighted by Crippen LogP contribution is 2.38. The molecule has 0 radical (unpaired) electrons. The van der Waals surface area contributed by atoms with Crippen LogP contribution in [0, 0.1) is 6.92 Å². The molecule has 0 atom stereocenters. The van der Waals surface area contributed by atoms with Crippen molar-refractivity contribution < 1.29 is 22.3 Å². The molecule has 0 N–H and O–H groups in total. The largest absolute Gasteiger partial charge is 0.318 e. The van der Waals surface area contributed by atoms with Gasteiger partial charge in [0.1, 0.15) is 0 Å². The summed E-state index contributed by atoms with van der Waals surface area (Å²) >= 11 is 0. The zero-order valence-corrected chi connectivity index (χ0v) is 16.6. The van der Waals surface area contributed by atoms with Crippen molar-refractivity contribution >= 4 is 43.5 Å². The summed E-state index contributed by atoms with van der Waals surface area (Å²) in [5.74, 6) is -1.60. The third-order valence-corrected chi connectivity index (χ3v) is 6.41. The molecule has 0 unspecified atom stereocenters. The molecule has 6 nitrogen and oxygen atoms in total. The number of hydrogen-bond donors (Lipinski definition) is 0. The van der Waals surface area contributed by atoms with Gasteiger partial charge in [0.25, 0.3) is 11.8 Å². The number of carbonyl (C=O) groups excluding carboxylic acids is 2. The van der Waals surface area contributed by atoms with Crippen molar-refractivity contribution in [1.29, 1.82) is 0 Å². The average molecular weight is 417 g/mol. The van der Waals surface area contributed by atoms with Crippen LogP contribution in [0.3, 0.4) is 0 Å². The van der Waals surface area contributed by atoms with Crippen molar-refractivity contribution in [3.63, 3.8) is 0 Å². The van der Waals surface area contributed by atoms with Gasteiger partial charge in [-0.25, -0.2) is 0 Å². The summed E-state index contributed by atoms with van der Waals surface area (Å²) in [5, 5.41) is 3.10. The van der Waals surface area contributed by atoms with Crippen LogP contribution in [-0.4, -0.2) is 25.3 Å². The molecule has 30 heavy (non-hydrogen) atoms. The minimum absolute atomic E-state index is 0.139. The third kappa shape index (κ3) is 2.63. The summed E-state index contributed by atoms with van der Waals surface area (Å²) in [5.41, 5.74) is 1.16. The Labute approximate surface area is 172 Å². The van der Waals surface area contributed by atoms with E-state index < -0.39 is 21.9 Å². The van der Waals surface area contributed by atoms with Gasteiger partial charge >= 0.3 is 10.1 Å². The van der Waals surface area contributed by atoms with Crippen LogP contribution in [0.1, 0.15) is 26.3 Å². The quantitative estimate of drug-likeness (QED) is 0.368. The van der Waals surface area contributed by atoms with E-state index in [0.29, 0.717) is 15.8 Å². The predicted molar refractivity (Wildman–Crippen MR) is 111 cm³/mol. The van der Waals surface area contributed by atoms with Gasteiger partial charge in [0, 0.05) is 0 Å². The van der Waals surface area contributed by atoms with Crippen molar-refractivity contribution in [3.8, 4) is 0 Å². The Morgan fingerprint density at radius 3 is 1.57 bits per heavy atom. The zero-order valence-electron chi connectivity index (χ0n) is 15.8. The molecule has 4 aromatic rings. The molecule has 148 valence electrons. The Morgan fingerprint density at radius 2 is 1.10 bits per heavy atom. The molecule has 1 heterocycles. The number of aryl methyl sites for hydroxylation is 1. The van der Waals surface area contributed by atoms with Gasteiger partial charge in [-0.15, -0.1) is 9.35 Å². The van der Waals surface area contributed by atoms with Crippen molar-refractivity contribution in [1.82, 2.24) is 5.06 Å². The molecule has 0 spiro atoms. The minimum Gasteiger partial charge on any atom is -0.266 e. The molecule has 0 saturated carbocycles. The van der Waals surface area contributed by atoms with Crippen LogP contribution < -0.4 is 0 Å². The fraction of sp³-hybridized carbons (Fsp3) is 0.0435. The number of benzene rings is 4. The first-order valence-electron chi connectivity index (χ1n) is 9.22. The van der Waals surface area contributed by atoms with E-state index in [1.807, 2.05) is 31.2 Å². The number of hydroxylamine groups is 2. The van der Waals surface area contributed by atoms with Gasteiger partial charge in [0.05, 0.1) is 16.0 Å². The van der Waals surface area contributed by atoms with E-state index >= 15 is 0 Å². The molecule has 0 fully saturated rings. The second-order valence-corrected chi connectivity index (χ2v) is 8.62. The highest BCUT2D eigenvalue weighted by molar-refractivity contribution is 7.86. The summed E-state index contributed by atoms with van der Waals surface area (Å²) in [4.78, 5) is 26.1. The van der Waals surface area contributed by atoms with E-state index in [9.17, 15) is 18.0 Å². The van der Waals surface area contributed by atoms with Gasteiger partial charge in [-0.3, -0.25) is 9.59 Å². The Kier molecular flexibility index (Phi) is 3.99. The van der Waals surface area contributed by atoms with Crippen LogP contribution in [0.2, 0.25) is 0 Å². The average Bonchev–Trinajstić information content (AvgIpc) is 2.99. The first-order chi connectivity index (χ1) is 14.4. The van der Waals surface area contributed by atoms with Crippen molar-refractivity contribution in [2.24, 2.45) is 0 Å². The first-order valence-corrected chi connectivity index (χ1v) is 10.6. The minimum atomic E-state index is -4.37. The molecule has 2 amide bonds. The summed E-state index contributed by atoms with van der Waals surface area (Å²) in [7, 11) is -4.37. The normalized spacial score (nSPS) is 14.0. The van der Waals surface area contributed by atoms with Crippen molar-refractivity contribution in [2.75, 3.05) is 0 Å². The second-order valence-electron chi connectivity index (χ2n) is 7.09. The van der Waals surface area contributed by atoms with E-state index in [4.69, 9.17) is 4.28 Å². The molecule has 0 aromatic heterocycles. The maximum Gasteiger partial charge on any atom is 0.318 e. The van der Waals surface area contributed by atoms with Crippen LogP contribution in [0.5, 0.6) is 0 Å². The number of fused-ring (bicyclic) bond motifs is 6. The predicted octanol–water partition coefficient (Wildman–Crippen LogP) is 4.22. The number of hydrogen-bond acceptors (Lipinski definition) is 5. The summed E-state index contributed by atoms with van der Waals surface area (Å²) < 4.78 is 30.4. The van der Waals surface area contributed by atoms with Gasteiger partial charge in [0.15, 0.2) is 0 Å². The van der Waals surface area contributed by atoms with E-state index in [0.717, 1.165) is 16.3 Å². The van der Waals surface area contributed by atoms with E-state index in [1.54, 1.807) is 36.4 Å². The van der Waals surface area contributed by atoms with E-state index in [2.05, 4.69) is 0 Å². The van der Waals surface area contributed by atoms with Gasteiger partial charge in [0.2, 0.25) is 0 Å². The summed E-state index contributed by atoms with van der Waals surface area (Å²) in [6, 6.07) is 20.4. The van der Waals surface area contributed by atoms with Crippen LogP contribution >= 0.6 is 0 Å². The molecule has 4 aromatic carbocycles. The lowest BCUT2D eigenvalue weighted by Gasteiger charge is -2.13. The summed E-state index contributed by atoms with van der Waals surface area (Å²) in [6.45, 7) is 1.82. The van der Waals surface area contributed by atoms with Crippen LogP contribution in [0.25, 0.3) is 21.5 Å². The van der Waals surface area contributed by atoms with Crippen LogP contribution in [0.15, 0.2) is 77.7 Å². The fourth-order valence-corrected chi connectivity index (χ4v) is 4.68. The highest BCUT2D eigenvalue weighted by Gasteiger charge is 2.42. The maximum atomic E-state index is 13.1. The molecule has 0 aliphatic carbocycles. The van der Waals surface area contributed by atoms with Gasteiger partial charge in [-0.05, 0) is 40.6 Å². The summed E-state index contributed by atoms with van der Waals surface area (Å²) in [6.07, 6.45) is 0. The lowest BCUT2D eigenvalue weighted by atomic mass is 9.93. The van der Waals surface area contributed by atoms with Crippen LogP contribution in [-0.2, 0) is 14.4 Å². The first kappa shape index (κ1) is 18.5.